The van der Waals surface area contributed by atoms with Gasteiger partial charge >= 0.3 is 0 Å². The van der Waals surface area contributed by atoms with Crippen LogP contribution in [0.3, 0.4) is 0 Å². The van der Waals surface area contributed by atoms with Crippen LogP contribution in [0.15, 0.2) is 18.2 Å². The van der Waals surface area contributed by atoms with Gasteiger partial charge in [-0.2, -0.15) is 0 Å². The second-order valence-electron chi connectivity index (χ2n) is 7.10. The van der Waals surface area contributed by atoms with Gasteiger partial charge in [0, 0.05) is 25.7 Å². The monoisotopic (exact) mass is 288 g/mol. The van der Waals surface area contributed by atoms with Crippen molar-refractivity contribution in [3.8, 4) is 0 Å². The number of benzene rings is 1. The van der Waals surface area contributed by atoms with E-state index in [9.17, 15) is 0 Å². The van der Waals surface area contributed by atoms with E-state index in [1.54, 1.807) is 0 Å². The lowest BCUT2D eigenvalue weighted by molar-refractivity contribution is 0.281. The summed E-state index contributed by atoms with van der Waals surface area (Å²) in [5.41, 5.74) is 4.20. The molecule has 0 spiro atoms. The van der Waals surface area contributed by atoms with Crippen molar-refractivity contribution in [2.45, 2.75) is 47.1 Å². The molecule has 1 aliphatic rings. The van der Waals surface area contributed by atoms with Crippen LogP contribution in [0, 0.1) is 25.7 Å². The molecule has 0 radical (unpaired) electrons. The van der Waals surface area contributed by atoms with Crippen molar-refractivity contribution in [3.63, 3.8) is 0 Å². The van der Waals surface area contributed by atoms with Gasteiger partial charge in [-0.3, -0.25) is 0 Å². The van der Waals surface area contributed by atoms with Gasteiger partial charge in [0.25, 0.3) is 0 Å². The summed E-state index contributed by atoms with van der Waals surface area (Å²) in [5.74, 6) is 1.66. The molecule has 0 bridgehead atoms. The molecule has 2 nitrogen and oxygen atoms in total. The molecule has 1 aromatic rings. The smallest absolute Gasteiger partial charge is 0.0449 e. The first-order valence-corrected chi connectivity index (χ1v) is 8.53. The summed E-state index contributed by atoms with van der Waals surface area (Å²) in [4.78, 5) is 2.64. The van der Waals surface area contributed by atoms with Crippen LogP contribution < -0.4 is 5.32 Å². The van der Waals surface area contributed by atoms with Gasteiger partial charge in [0.15, 0.2) is 0 Å². The van der Waals surface area contributed by atoms with Gasteiger partial charge < -0.3 is 10.2 Å². The van der Waals surface area contributed by atoms with Crippen LogP contribution in [-0.4, -0.2) is 31.1 Å². The molecule has 21 heavy (non-hydrogen) atoms. The molecule has 1 fully saturated rings. The third-order valence-electron chi connectivity index (χ3n) is 4.79. The lowest BCUT2D eigenvalue weighted by Crippen LogP contribution is -2.34. The first-order chi connectivity index (χ1) is 9.99. The van der Waals surface area contributed by atoms with Gasteiger partial charge in [-0.15, -0.1) is 0 Å². The summed E-state index contributed by atoms with van der Waals surface area (Å²) < 4.78 is 0. The summed E-state index contributed by atoms with van der Waals surface area (Å²) in [6.07, 6.45) is 1.19. The average Bonchev–Trinajstić information content (AvgIpc) is 2.72. The largest absolute Gasteiger partial charge is 0.309 e. The molecule has 3 atom stereocenters. The van der Waals surface area contributed by atoms with Crippen molar-refractivity contribution in [1.29, 1.82) is 0 Å². The first-order valence-electron chi connectivity index (χ1n) is 8.53. The molecular formula is C19H32N2. The minimum Gasteiger partial charge on any atom is -0.309 e. The predicted molar refractivity (Wildman–Crippen MR) is 91.7 cm³/mol. The predicted octanol–water partition coefficient (Wildman–Crippen LogP) is 3.93. The van der Waals surface area contributed by atoms with Crippen LogP contribution in [-0.2, 0) is 0 Å². The van der Waals surface area contributed by atoms with Crippen molar-refractivity contribution in [1.82, 2.24) is 10.2 Å². The average molecular weight is 288 g/mol. The number of rotatable bonds is 6. The lowest BCUT2D eigenvalue weighted by atomic mass is 10.0. The molecule has 1 aliphatic heterocycles. The van der Waals surface area contributed by atoms with Crippen molar-refractivity contribution >= 4 is 0 Å². The van der Waals surface area contributed by atoms with Crippen LogP contribution in [0.25, 0.3) is 0 Å². The maximum Gasteiger partial charge on any atom is 0.0449 e. The number of aryl methyl sites for hydroxylation is 2. The van der Waals surface area contributed by atoms with E-state index < -0.39 is 0 Å². The first kappa shape index (κ1) is 16.5. The molecule has 2 heteroatoms. The van der Waals surface area contributed by atoms with Crippen LogP contribution in [0.1, 0.15) is 49.9 Å². The van der Waals surface area contributed by atoms with Crippen molar-refractivity contribution in [2.75, 3.05) is 26.2 Å². The van der Waals surface area contributed by atoms with Crippen molar-refractivity contribution in [2.24, 2.45) is 11.8 Å². The zero-order valence-electron chi connectivity index (χ0n) is 14.4. The molecule has 1 saturated heterocycles. The Kier molecular flexibility index (Phi) is 5.83. The molecule has 0 aromatic heterocycles. The van der Waals surface area contributed by atoms with Crippen molar-refractivity contribution < 1.29 is 0 Å². The lowest BCUT2D eigenvalue weighted by Gasteiger charge is -2.26. The number of hydrogen-bond donors (Lipinski definition) is 1. The highest BCUT2D eigenvalue weighted by Gasteiger charge is 2.27. The Balaban J connectivity index is 2.10. The van der Waals surface area contributed by atoms with Crippen LogP contribution in [0.4, 0.5) is 0 Å². The van der Waals surface area contributed by atoms with Crippen LogP contribution >= 0.6 is 0 Å². The zero-order valence-corrected chi connectivity index (χ0v) is 14.4. The number of nitrogens with zero attached hydrogens (tertiary/aromatic N) is 1. The maximum atomic E-state index is 3.76. The Labute approximate surface area is 130 Å². The highest BCUT2D eigenvalue weighted by molar-refractivity contribution is 5.31. The van der Waals surface area contributed by atoms with E-state index in [0.717, 1.165) is 24.9 Å². The Hall–Kier alpha value is -0.860. The Morgan fingerprint density at radius 3 is 2.19 bits per heavy atom. The molecule has 2 rings (SSSR count). The number of nitrogens with one attached hydrogen (secondary N) is 1. The van der Waals surface area contributed by atoms with Crippen LogP contribution in [0.2, 0.25) is 0 Å². The van der Waals surface area contributed by atoms with E-state index in [4.69, 9.17) is 0 Å². The molecular weight excluding hydrogens is 256 g/mol. The van der Waals surface area contributed by atoms with Crippen LogP contribution in [0.5, 0.6) is 0 Å². The zero-order chi connectivity index (χ0) is 15.4. The summed E-state index contributed by atoms with van der Waals surface area (Å²) >= 11 is 0. The van der Waals surface area contributed by atoms with Gasteiger partial charge in [-0.25, -0.2) is 0 Å². The molecule has 1 heterocycles. The van der Waals surface area contributed by atoms with E-state index in [2.05, 4.69) is 63.0 Å². The van der Waals surface area contributed by atoms with Gasteiger partial charge in [0.05, 0.1) is 0 Å². The van der Waals surface area contributed by atoms with E-state index in [-0.39, 0.29) is 0 Å². The van der Waals surface area contributed by atoms with E-state index in [1.807, 2.05) is 0 Å². The van der Waals surface area contributed by atoms with Gasteiger partial charge in [0.1, 0.15) is 0 Å². The molecule has 1 N–H and O–H groups in total. The topological polar surface area (TPSA) is 15.3 Å². The summed E-state index contributed by atoms with van der Waals surface area (Å²) in [6.45, 7) is 16.1. The molecule has 0 amide bonds. The highest BCUT2D eigenvalue weighted by atomic mass is 15.2. The highest BCUT2D eigenvalue weighted by Crippen LogP contribution is 2.25. The molecule has 0 saturated carbocycles. The quantitative estimate of drug-likeness (QED) is 0.853. The summed E-state index contributed by atoms with van der Waals surface area (Å²) in [6, 6.07) is 7.42. The standard InChI is InChI=1S/C19H32N2/c1-6-7-20-19(13-21-11-16(4)17(5)12-21)18-9-14(2)8-15(3)10-18/h8-10,16-17,19-20H,6-7,11-13H2,1-5H3. The summed E-state index contributed by atoms with van der Waals surface area (Å²) in [5, 5.41) is 3.76. The van der Waals surface area contributed by atoms with Crippen molar-refractivity contribution in [3.05, 3.63) is 34.9 Å². The fraction of sp³-hybridized carbons (Fsp3) is 0.684. The number of hydrogen-bond acceptors (Lipinski definition) is 2. The van der Waals surface area contributed by atoms with Gasteiger partial charge in [0.2, 0.25) is 0 Å². The maximum absolute atomic E-state index is 3.76. The molecule has 1 aromatic carbocycles. The third-order valence-corrected chi connectivity index (χ3v) is 4.79. The second-order valence-corrected chi connectivity index (χ2v) is 7.10. The molecule has 0 aliphatic carbocycles. The minimum atomic E-state index is 0.459. The Bertz CT molecular complexity index is 425. The fourth-order valence-corrected chi connectivity index (χ4v) is 3.47. The normalized spacial score (nSPS) is 24.4. The Morgan fingerprint density at radius 2 is 1.67 bits per heavy atom. The third kappa shape index (κ3) is 4.55. The fourth-order valence-electron chi connectivity index (χ4n) is 3.47. The minimum absolute atomic E-state index is 0.459. The van der Waals surface area contributed by atoms with Gasteiger partial charge in [-0.1, -0.05) is 50.1 Å². The molecule has 118 valence electrons. The molecule has 3 unspecified atom stereocenters. The van der Waals surface area contributed by atoms with E-state index >= 15 is 0 Å². The van der Waals surface area contributed by atoms with E-state index in [0.29, 0.717) is 6.04 Å². The second kappa shape index (κ2) is 7.42. The van der Waals surface area contributed by atoms with Gasteiger partial charge in [-0.05, 0) is 44.2 Å². The Morgan fingerprint density at radius 1 is 1.10 bits per heavy atom. The number of likely N-dealkylation sites (tertiary alicyclic amines) is 1. The van der Waals surface area contributed by atoms with E-state index in [1.165, 1.54) is 36.2 Å². The SMILES string of the molecule is CCCNC(CN1CC(C)C(C)C1)c1cc(C)cc(C)c1. The summed E-state index contributed by atoms with van der Waals surface area (Å²) in [7, 11) is 0.